The van der Waals surface area contributed by atoms with Crippen molar-refractivity contribution in [3.63, 3.8) is 0 Å². The number of nitrogens with one attached hydrogen (secondary N) is 2. The van der Waals surface area contributed by atoms with Gasteiger partial charge in [-0.05, 0) is 37.3 Å². The number of hydrogen-bond acceptors (Lipinski definition) is 4. The van der Waals surface area contributed by atoms with Crippen molar-refractivity contribution in [1.82, 2.24) is 5.32 Å². The monoisotopic (exact) mass is 287 g/mol. The molecule has 2 N–H and O–H groups in total. The summed E-state index contributed by atoms with van der Waals surface area (Å²) in [5.41, 5.74) is 3.24. The molecular weight excluding hydrogens is 266 g/mol. The Morgan fingerprint density at radius 1 is 1.45 bits per heavy atom. The molecule has 106 valence electrons. The summed E-state index contributed by atoms with van der Waals surface area (Å²) in [6, 6.07) is 8.36. The van der Waals surface area contributed by atoms with Gasteiger partial charge in [-0.1, -0.05) is 24.6 Å². The van der Waals surface area contributed by atoms with E-state index in [0.29, 0.717) is 0 Å². The number of nitrogens with zero attached hydrogens (tertiary/aromatic N) is 1. The average Bonchev–Trinajstić information content (AvgIpc) is 2.49. The van der Waals surface area contributed by atoms with Gasteiger partial charge in [0.15, 0.2) is 0 Å². The normalized spacial score (nSPS) is 14.5. The summed E-state index contributed by atoms with van der Waals surface area (Å²) >= 11 is 1.72. The maximum atomic E-state index is 9.35. The third kappa shape index (κ3) is 4.03. The summed E-state index contributed by atoms with van der Waals surface area (Å²) in [4.78, 5) is 1.07. The van der Waals surface area contributed by atoms with Crippen LogP contribution in [0.2, 0.25) is 0 Å². The largest absolute Gasteiger partial charge is 0.384 e. The van der Waals surface area contributed by atoms with E-state index in [9.17, 15) is 5.26 Å². The van der Waals surface area contributed by atoms with E-state index in [2.05, 4.69) is 29.7 Å². The molecule has 0 saturated heterocycles. The topological polar surface area (TPSA) is 47.8 Å². The summed E-state index contributed by atoms with van der Waals surface area (Å²) in [6.45, 7) is 5.07. The molecule has 20 heavy (non-hydrogen) atoms. The van der Waals surface area contributed by atoms with Gasteiger partial charge >= 0.3 is 0 Å². The van der Waals surface area contributed by atoms with Gasteiger partial charge in [0.2, 0.25) is 0 Å². The van der Waals surface area contributed by atoms with E-state index in [1.54, 1.807) is 11.8 Å². The highest BCUT2D eigenvalue weighted by molar-refractivity contribution is 7.99. The van der Waals surface area contributed by atoms with Crippen LogP contribution < -0.4 is 10.6 Å². The van der Waals surface area contributed by atoms with Crippen LogP contribution in [0.25, 0.3) is 0 Å². The minimum Gasteiger partial charge on any atom is -0.384 e. The highest BCUT2D eigenvalue weighted by atomic mass is 32.2. The van der Waals surface area contributed by atoms with Gasteiger partial charge in [0, 0.05) is 18.0 Å². The molecule has 1 aliphatic heterocycles. The molecular formula is C16H21N3S. The van der Waals surface area contributed by atoms with Crippen molar-refractivity contribution < 1.29 is 0 Å². The summed E-state index contributed by atoms with van der Waals surface area (Å²) in [5, 5.41) is 16.1. The molecule has 0 radical (unpaired) electrons. The van der Waals surface area contributed by atoms with Crippen LogP contribution in [0, 0.1) is 11.3 Å². The summed E-state index contributed by atoms with van der Waals surface area (Å²) in [7, 11) is 0. The number of anilines is 1. The summed E-state index contributed by atoms with van der Waals surface area (Å²) in [5.74, 6) is 0.984. The van der Waals surface area contributed by atoms with Crippen LogP contribution in [0.15, 0.2) is 34.7 Å². The Balaban J connectivity index is 1.97. The Hall–Kier alpha value is -1.44. The first-order valence-electron chi connectivity index (χ1n) is 7.13. The van der Waals surface area contributed by atoms with Crippen LogP contribution >= 0.6 is 11.8 Å². The quantitative estimate of drug-likeness (QED) is 0.622. The lowest BCUT2D eigenvalue weighted by Crippen LogP contribution is -2.21. The molecule has 3 nitrogen and oxygen atoms in total. The first-order valence-corrected chi connectivity index (χ1v) is 8.12. The molecule has 1 aromatic carbocycles. The van der Waals surface area contributed by atoms with Gasteiger partial charge in [0.05, 0.1) is 11.3 Å². The Morgan fingerprint density at radius 2 is 2.35 bits per heavy atom. The molecule has 0 fully saturated rings. The highest BCUT2D eigenvalue weighted by Crippen LogP contribution is 2.27. The summed E-state index contributed by atoms with van der Waals surface area (Å²) < 4.78 is 0. The van der Waals surface area contributed by atoms with Gasteiger partial charge in [-0.3, -0.25) is 0 Å². The number of nitriles is 1. The van der Waals surface area contributed by atoms with Gasteiger partial charge < -0.3 is 10.6 Å². The fourth-order valence-corrected chi connectivity index (χ4v) is 3.11. The maximum absolute atomic E-state index is 9.35. The van der Waals surface area contributed by atoms with E-state index in [4.69, 9.17) is 0 Å². The molecule has 0 aromatic heterocycles. The van der Waals surface area contributed by atoms with Crippen LogP contribution in [0.1, 0.15) is 25.3 Å². The van der Waals surface area contributed by atoms with Crippen molar-refractivity contribution in [2.75, 3.05) is 30.7 Å². The van der Waals surface area contributed by atoms with E-state index in [-0.39, 0.29) is 0 Å². The summed E-state index contributed by atoms with van der Waals surface area (Å²) in [6.07, 6.45) is 4.47. The molecule has 0 spiro atoms. The molecule has 0 atom stereocenters. The minimum atomic E-state index is 0.777. The predicted octanol–water partition coefficient (Wildman–Crippen LogP) is 3.39. The van der Waals surface area contributed by atoms with Gasteiger partial charge in [0.25, 0.3) is 0 Å². The van der Waals surface area contributed by atoms with Crippen LogP contribution in [0.4, 0.5) is 5.69 Å². The van der Waals surface area contributed by atoms with E-state index < -0.39 is 0 Å². The number of benzene rings is 1. The van der Waals surface area contributed by atoms with Crippen molar-refractivity contribution in [3.05, 3.63) is 35.4 Å². The van der Waals surface area contributed by atoms with E-state index in [1.165, 1.54) is 5.57 Å². The number of thioether (sulfide) groups is 1. The van der Waals surface area contributed by atoms with Gasteiger partial charge in [-0.15, -0.1) is 11.8 Å². The molecule has 0 saturated carbocycles. The first-order chi connectivity index (χ1) is 9.85. The zero-order valence-corrected chi connectivity index (χ0v) is 12.7. The standard InChI is InChI=1S/C16H21N3S/c1-2-20-16-5-3-4-15(14(16)12-17)19-11-8-13-6-9-18-10-7-13/h3-6,18-19H,2,7-11H2,1H3. The van der Waals surface area contributed by atoms with Crippen molar-refractivity contribution in [2.45, 2.75) is 24.7 Å². The lowest BCUT2D eigenvalue weighted by atomic mass is 10.1. The first kappa shape index (κ1) is 15.0. The molecule has 1 heterocycles. The zero-order chi connectivity index (χ0) is 14.2. The zero-order valence-electron chi connectivity index (χ0n) is 11.9. The fraction of sp³-hybridized carbons (Fsp3) is 0.438. The van der Waals surface area contributed by atoms with E-state index in [0.717, 1.165) is 54.4 Å². The second kappa shape index (κ2) is 7.98. The second-order valence-electron chi connectivity index (χ2n) is 4.72. The number of rotatable bonds is 6. The van der Waals surface area contributed by atoms with Gasteiger partial charge in [0.1, 0.15) is 6.07 Å². The smallest absolute Gasteiger partial charge is 0.102 e. The van der Waals surface area contributed by atoms with E-state index in [1.807, 2.05) is 18.2 Å². The fourth-order valence-electron chi connectivity index (χ4n) is 2.32. The lowest BCUT2D eigenvalue weighted by Gasteiger charge is -2.15. The maximum Gasteiger partial charge on any atom is 0.102 e. The molecule has 4 heteroatoms. The Bertz CT molecular complexity index is 517. The third-order valence-electron chi connectivity index (χ3n) is 3.36. The van der Waals surface area contributed by atoms with Crippen molar-refractivity contribution in [1.29, 1.82) is 5.26 Å². The number of hydrogen-bond donors (Lipinski definition) is 2. The molecule has 0 unspecified atom stereocenters. The molecule has 0 bridgehead atoms. The van der Waals surface area contributed by atoms with Crippen molar-refractivity contribution in [2.24, 2.45) is 0 Å². The minimum absolute atomic E-state index is 0.777. The molecule has 2 rings (SSSR count). The van der Waals surface area contributed by atoms with Crippen molar-refractivity contribution in [3.8, 4) is 6.07 Å². The van der Waals surface area contributed by atoms with Gasteiger partial charge in [-0.2, -0.15) is 5.26 Å². The Kier molecular flexibility index (Phi) is 5.97. The van der Waals surface area contributed by atoms with E-state index >= 15 is 0 Å². The van der Waals surface area contributed by atoms with Crippen LogP contribution in [0.5, 0.6) is 0 Å². The van der Waals surface area contributed by atoms with Crippen LogP contribution in [0.3, 0.4) is 0 Å². The molecule has 0 aliphatic carbocycles. The Labute approximate surface area is 125 Å². The van der Waals surface area contributed by atoms with Crippen LogP contribution in [-0.2, 0) is 0 Å². The highest BCUT2D eigenvalue weighted by Gasteiger charge is 2.08. The average molecular weight is 287 g/mol. The molecule has 0 amide bonds. The van der Waals surface area contributed by atoms with Gasteiger partial charge in [-0.25, -0.2) is 0 Å². The third-order valence-corrected chi connectivity index (χ3v) is 4.30. The SMILES string of the molecule is CCSc1cccc(NCCC2=CCNCC2)c1C#N. The van der Waals surface area contributed by atoms with Crippen LogP contribution in [-0.4, -0.2) is 25.4 Å². The molecule has 1 aromatic rings. The molecule has 1 aliphatic rings. The Morgan fingerprint density at radius 3 is 3.05 bits per heavy atom. The lowest BCUT2D eigenvalue weighted by molar-refractivity contribution is 0.683. The predicted molar refractivity (Wildman–Crippen MR) is 86.2 cm³/mol. The second-order valence-corrected chi connectivity index (χ2v) is 6.02. The van der Waals surface area contributed by atoms with Crippen molar-refractivity contribution >= 4 is 17.4 Å².